The van der Waals surface area contributed by atoms with Crippen molar-refractivity contribution in [3.8, 4) is 16.9 Å². The number of hydrazine groups is 1. The Hall–Kier alpha value is -3.16. The molecule has 2 aromatic carbocycles. The lowest BCUT2D eigenvalue weighted by Crippen LogP contribution is -2.45. The number of benzene rings is 2. The second-order valence-electron chi connectivity index (χ2n) is 7.69. The van der Waals surface area contributed by atoms with E-state index in [1.54, 1.807) is 16.8 Å². The Labute approximate surface area is 186 Å². The molecule has 1 amide bonds. The van der Waals surface area contributed by atoms with E-state index in [1.165, 1.54) is 6.42 Å². The van der Waals surface area contributed by atoms with Crippen LogP contribution in [0.5, 0.6) is 0 Å². The fourth-order valence-corrected chi connectivity index (χ4v) is 3.96. The molecule has 7 nitrogen and oxygen atoms in total. The van der Waals surface area contributed by atoms with Crippen molar-refractivity contribution in [2.75, 3.05) is 13.1 Å². The van der Waals surface area contributed by atoms with E-state index in [2.05, 4.69) is 10.5 Å². The molecule has 160 valence electrons. The highest BCUT2D eigenvalue weighted by atomic mass is 35.5. The molecule has 0 bridgehead atoms. The number of nitrogens with zero attached hydrogens (tertiary/aromatic N) is 3. The fourth-order valence-electron chi connectivity index (χ4n) is 3.83. The Morgan fingerprint density at radius 2 is 1.71 bits per heavy atom. The quantitative estimate of drug-likeness (QED) is 0.417. The normalized spacial score (nSPS) is 14.4. The van der Waals surface area contributed by atoms with Gasteiger partial charge in [-0.25, -0.2) is 9.69 Å². The van der Waals surface area contributed by atoms with Gasteiger partial charge >= 0.3 is 0 Å². The van der Waals surface area contributed by atoms with Crippen LogP contribution in [0, 0.1) is 12.3 Å². The van der Waals surface area contributed by atoms with Crippen molar-refractivity contribution in [1.29, 1.82) is 5.41 Å². The summed E-state index contributed by atoms with van der Waals surface area (Å²) >= 11 is 6.08. The number of amidine groups is 1. The highest BCUT2D eigenvalue weighted by molar-refractivity contribution is 6.30. The van der Waals surface area contributed by atoms with Crippen LogP contribution >= 0.6 is 11.6 Å². The summed E-state index contributed by atoms with van der Waals surface area (Å²) in [7, 11) is 0. The third-order valence-electron chi connectivity index (χ3n) is 5.49. The van der Waals surface area contributed by atoms with Gasteiger partial charge in [0.1, 0.15) is 5.84 Å². The van der Waals surface area contributed by atoms with Gasteiger partial charge in [0.15, 0.2) is 5.69 Å². The molecule has 0 aliphatic carbocycles. The van der Waals surface area contributed by atoms with E-state index in [0.717, 1.165) is 48.4 Å². The lowest BCUT2D eigenvalue weighted by molar-refractivity contribution is 0.0743. The molecule has 2 heterocycles. The molecule has 0 unspecified atom stereocenters. The van der Waals surface area contributed by atoms with Crippen LogP contribution in [0.4, 0.5) is 0 Å². The summed E-state index contributed by atoms with van der Waals surface area (Å²) in [5.41, 5.74) is 12.9. The SMILES string of the molecule is Cc1c(C(=O)NN2CCCCC2)nn(-c2ccc(C(=N)N)cc2)c1-c1ccc(Cl)cc1. The van der Waals surface area contributed by atoms with Gasteiger partial charge in [0.05, 0.1) is 11.4 Å². The third kappa shape index (κ3) is 4.47. The summed E-state index contributed by atoms with van der Waals surface area (Å²) in [5, 5.41) is 14.9. The first-order valence-electron chi connectivity index (χ1n) is 10.3. The van der Waals surface area contributed by atoms with E-state index >= 15 is 0 Å². The Kier molecular flexibility index (Phi) is 6.06. The third-order valence-corrected chi connectivity index (χ3v) is 5.75. The molecular formula is C23H25ClN6O. The summed E-state index contributed by atoms with van der Waals surface area (Å²) in [6.45, 7) is 3.60. The molecule has 1 fully saturated rings. The first kappa shape index (κ1) is 21.1. The van der Waals surface area contributed by atoms with Crippen LogP contribution < -0.4 is 11.2 Å². The van der Waals surface area contributed by atoms with Gasteiger partial charge in [0.2, 0.25) is 0 Å². The van der Waals surface area contributed by atoms with Crippen molar-refractivity contribution in [1.82, 2.24) is 20.2 Å². The average molecular weight is 437 g/mol. The highest BCUT2D eigenvalue weighted by Gasteiger charge is 2.24. The minimum absolute atomic E-state index is 0.00252. The predicted octanol–water partition coefficient (Wildman–Crippen LogP) is 3.92. The van der Waals surface area contributed by atoms with Crippen molar-refractivity contribution in [3.63, 3.8) is 0 Å². The van der Waals surface area contributed by atoms with E-state index in [-0.39, 0.29) is 11.7 Å². The second kappa shape index (κ2) is 8.91. The van der Waals surface area contributed by atoms with Gasteiger partial charge in [0, 0.05) is 34.8 Å². The molecule has 8 heteroatoms. The maximum absolute atomic E-state index is 13.1. The summed E-state index contributed by atoms with van der Waals surface area (Å²) in [6.07, 6.45) is 3.34. The Morgan fingerprint density at radius 1 is 1.06 bits per heavy atom. The average Bonchev–Trinajstić information content (AvgIpc) is 3.12. The zero-order chi connectivity index (χ0) is 22.0. The summed E-state index contributed by atoms with van der Waals surface area (Å²) in [4.78, 5) is 13.1. The van der Waals surface area contributed by atoms with Crippen LogP contribution in [-0.4, -0.2) is 39.6 Å². The molecular weight excluding hydrogens is 412 g/mol. The zero-order valence-electron chi connectivity index (χ0n) is 17.4. The standard InChI is InChI=1S/C23H25ClN6O/c1-15-20(23(31)28-29-13-3-2-4-14-29)27-30(19-11-7-17(8-12-19)22(25)26)21(15)16-5-9-18(24)10-6-16/h5-12H,2-4,13-14H2,1H3,(H3,25,26)(H,28,31). The van der Waals surface area contributed by atoms with Crippen molar-refractivity contribution < 1.29 is 4.79 Å². The number of carbonyl (C=O) groups is 1. The van der Waals surface area contributed by atoms with Gasteiger partial charge in [-0.2, -0.15) is 5.10 Å². The van der Waals surface area contributed by atoms with Crippen LogP contribution in [0.3, 0.4) is 0 Å². The molecule has 0 radical (unpaired) electrons. The number of aromatic nitrogens is 2. The maximum atomic E-state index is 13.1. The number of amides is 1. The van der Waals surface area contributed by atoms with E-state index in [4.69, 9.17) is 22.7 Å². The number of nitrogens with two attached hydrogens (primary N) is 1. The number of nitrogens with one attached hydrogen (secondary N) is 2. The molecule has 1 saturated heterocycles. The summed E-state index contributed by atoms with van der Waals surface area (Å²) in [5.74, 6) is -0.212. The molecule has 1 aliphatic heterocycles. The number of piperidine rings is 1. The monoisotopic (exact) mass is 436 g/mol. The number of halogens is 1. The number of nitrogen functional groups attached to an aromatic ring is 1. The number of hydrogen-bond acceptors (Lipinski definition) is 4. The van der Waals surface area contributed by atoms with E-state index in [0.29, 0.717) is 16.3 Å². The summed E-state index contributed by atoms with van der Waals surface area (Å²) < 4.78 is 1.76. The van der Waals surface area contributed by atoms with E-state index in [1.807, 2.05) is 48.3 Å². The van der Waals surface area contributed by atoms with Gasteiger partial charge in [-0.1, -0.05) is 30.2 Å². The molecule has 0 saturated carbocycles. The molecule has 1 aliphatic rings. The van der Waals surface area contributed by atoms with Crippen molar-refractivity contribution >= 4 is 23.3 Å². The summed E-state index contributed by atoms with van der Waals surface area (Å²) in [6, 6.07) is 14.7. The Balaban J connectivity index is 1.76. The van der Waals surface area contributed by atoms with Gasteiger partial charge < -0.3 is 5.73 Å². The van der Waals surface area contributed by atoms with Crippen molar-refractivity contribution in [2.24, 2.45) is 5.73 Å². The molecule has 0 spiro atoms. The van der Waals surface area contributed by atoms with E-state index < -0.39 is 0 Å². The largest absolute Gasteiger partial charge is 0.384 e. The van der Waals surface area contributed by atoms with Crippen LogP contribution in [0.2, 0.25) is 5.02 Å². The van der Waals surface area contributed by atoms with Gasteiger partial charge in [0.25, 0.3) is 5.91 Å². The first-order valence-corrected chi connectivity index (χ1v) is 10.7. The molecule has 1 aromatic heterocycles. The minimum Gasteiger partial charge on any atom is -0.384 e. The van der Waals surface area contributed by atoms with Crippen LogP contribution in [0.15, 0.2) is 48.5 Å². The predicted molar refractivity (Wildman–Crippen MR) is 123 cm³/mol. The van der Waals surface area contributed by atoms with Crippen LogP contribution in [-0.2, 0) is 0 Å². The molecule has 31 heavy (non-hydrogen) atoms. The minimum atomic E-state index is -0.214. The van der Waals surface area contributed by atoms with Gasteiger partial charge in [-0.05, 0) is 56.2 Å². The first-order chi connectivity index (χ1) is 14.9. The molecule has 0 atom stereocenters. The van der Waals surface area contributed by atoms with E-state index in [9.17, 15) is 4.79 Å². The molecule has 3 aromatic rings. The van der Waals surface area contributed by atoms with Gasteiger partial charge in [-0.3, -0.25) is 15.6 Å². The van der Waals surface area contributed by atoms with Gasteiger partial charge in [-0.15, -0.1) is 0 Å². The zero-order valence-corrected chi connectivity index (χ0v) is 18.1. The Bertz CT molecular complexity index is 1100. The number of carbonyl (C=O) groups excluding carboxylic acids is 1. The lowest BCUT2D eigenvalue weighted by Gasteiger charge is -2.26. The van der Waals surface area contributed by atoms with Crippen molar-refractivity contribution in [3.05, 3.63) is 70.4 Å². The molecule has 4 N–H and O–H groups in total. The second-order valence-corrected chi connectivity index (χ2v) is 8.13. The van der Waals surface area contributed by atoms with Crippen molar-refractivity contribution in [2.45, 2.75) is 26.2 Å². The maximum Gasteiger partial charge on any atom is 0.286 e. The highest BCUT2D eigenvalue weighted by Crippen LogP contribution is 2.30. The Morgan fingerprint density at radius 3 is 2.32 bits per heavy atom. The lowest BCUT2D eigenvalue weighted by atomic mass is 10.1. The number of hydrogen-bond donors (Lipinski definition) is 3. The smallest absolute Gasteiger partial charge is 0.286 e. The van der Waals surface area contributed by atoms with Crippen LogP contribution in [0.25, 0.3) is 16.9 Å². The topological polar surface area (TPSA) is 100 Å². The molecule has 4 rings (SSSR count). The number of rotatable bonds is 5. The van der Waals surface area contributed by atoms with Crippen LogP contribution in [0.1, 0.15) is 40.9 Å². The fraction of sp³-hybridized carbons (Fsp3) is 0.261.